The molecule has 0 radical (unpaired) electrons. The van der Waals surface area contributed by atoms with Crippen LogP contribution < -0.4 is 4.90 Å². The Labute approximate surface area is 92.4 Å². The standard InChI is InChI=1S/C10H9Cl2NO/c1-6(14)13-3-2-7-4-8(11)5-9(12)10(7)13/h4-5H,2-3H2,1H3. The van der Waals surface area contributed by atoms with Crippen LogP contribution in [0.3, 0.4) is 0 Å². The van der Waals surface area contributed by atoms with Crippen molar-refractivity contribution in [2.45, 2.75) is 13.3 Å². The molecule has 0 unspecified atom stereocenters. The van der Waals surface area contributed by atoms with E-state index in [1.807, 2.05) is 6.07 Å². The van der Waals surface area contributed by atoms with Gasteiger partial charge in [-0.05, 0) is 24.1 Å². The fraction of sp³-hybridized carbons (Fsp3) is 0.300. The number of anilines is 1. The van der Waals surface area contributed by atoms with Crippen LogP contribution in [0.15, 0.2) is 12.1 Å². The molecule has 1 aliphatic heterocycles. The Balaban J connectivity index is 2.54. The number of benzene rings is 1. The Hall–Kier alpha value is -0.730. The van der Waals surface area contributed by atoms with Gasteiger partial charge in [-0.2, -0.15) is 0 Å². The number of hydrogen-bond acceptors (Lipinski definition) is 1. The first-order valence-corrected chi connectivity index (χ1v) is 5.11. The third-order valence-corrected chi connectivity index (χ3v) is 2.87. The number of hydrogen-bond donors (Lipinski definition) is 0. The predicted octanol–water partition coefficient (Wildman–Crippen LogP) is 2.90. The van der Waals surface area contributed by atoms with Crippen LogP contribution in [0.25, 0.3) is 0 Å². The van der Waals surface area contributed by atoms with Gasteiger partial charge in [0.15, 0.2) is 0 Å². The molecule has 14 heavy (non-hydrogen) atoms. The zero-order valence-corrected chi connectivity index (χ0v) is 9.19. The number of nitrogens with zero attached hydrogens (tertiary/aromatic N) is 1. The van der Waals surface area contributed by atoms with Crippen molar-refractivity contribution in [3.8, 4) is 0 Å². The summed E-state index contributed by atoms with van der Waals surface area (Å²) in [5, 5.41) is 1.18. The molecule has 4 heteroatoms. The van der Waals surface area contributed by atoms with Gasteiger partial charge in [0.1, 0.15) is 0 Å². The highest BCUT2D eigenvalue weighted by molar-refractivity contribution is 6.37. The Bertz CT molecular complexity index is 403. The molecule has 1 aromatic rings. The molecule has 1 aliphatic rings. The van der Waals surface area contributed by atoms with Gasteiger partial charge in [0.25, 0.3) is 0 Å². The molecule has 74 valence electrons. The van der Waals surface area contributed by atoms with Crippen LogP contribution in [0, 0.1) is 0 Å². The predicted molar refractivity (Wildman–Crippen MR) is 58.2 cm³/mol. The molecule has 1 amide bonds. The average Bonchev–Trinajstić information content (AvgIpc) is 2.47. The summed E-state index contributed by atoms with van der Waals surface area (Å²) >= 11 is 11.9. The number of carbonyl (C=O) groups is 1. The van der Waals surface area contributed by atoms with E-state index >= 15 is 0 Å². The lowest BCUT2D eigenvalue weighted by Crippen LogP contribution is -2.25. The van der Waals surface area contributed by atoms with Gasteiger partial charge in [-0.25, -0.2) is 0 Å². The second-order valence-corrected chi connectivity index (χ2v) is 4.16. The Kier molecular flexibility index (Phi) is 2.41. The van der Waals surface area contributed by atoms with Gasteiger partial charge in [0.05, 0.1) is 10.7 Å². The van der Waals surface area contributed by atoms with Crippen molar-refractivity contribution in [3.05, 3.63) is 27.7 Å². The van der Waals surface area contributed by atoms with Crippen molar-refractivity contribution >= 4 is 34.8 Å². The van der Waals surface area contributed by atoms with E-state index in [1.54, 1.807) is 17.9 Å². The van der Waals surface area contributed by atoms with Crippen LogP contribution in [0.1, 0.15) is 12.5 Å². The van der Waals surface area contributed by atoms with Crippen molar-refractivity contribution in [2.75, 3.05) is 11.4 Å². The molecule has 0 aromatic heterocycles. The van der Waals surface area contributed by atoms with Crippen LogP contribution in [-0.2, 0) is 11.2 Å². The molecule has 0 fully saturated rings. The molecule has 2 rings (SSSR count). The van der Waals surface area contributed by atoms with Crippen LogP contribution in [0.2, 0.25) is 10.0 Å². The van der Waals surface area contributed by atoms with Crippen molar-refractivity contribution in [1.29, 1.82) is 0 Å². The minimum atomic E-state index is 0.0213. The van der Waals surface area contributed by atoms with E-state index < -0.39 is 0 Å². The van der Waals surface area contributed by atoms with Crippen LogP contribution >= 0.6 is 23.2 Å². The Morgan fingerprint density at radius 1 is 1.43 bits per heavy atom. The largest absolute Gasteiger partial charge is 0.311 e. The number of rotatable bonds is 0. The zero-order chi connectivity index (χ0) is 10.3. The Morgan fingerprint density at radius 2 is 2.14 bits per heavy atom. The van der Waals surface area contributed by atoms with Crippen molar-refractivity contribution in [1.82, 2.24) is 0 Å². The Morgan fingerprint density at radius 3 is 2.79 bits per heavy atom. The summed E-state index contributed by atoms with van der Waals surface area (Å²) in [7, 11) is 0. The average molecular weight is 230 g/mol. The lowest BCUT2D eigenvalue weighted by Gasteiger charge is -2.16. The van der Waals surface area contributed by atoms with Crippen molar-refractivity contribution in [2.24, 2.45) is 0 Å². The molecular formula is C10H9Cl2NO. The molecule has 0 spiro atoms. The van der Waals surface area contributed by atoms with E-state index in [-0.39, 0.29) is 5.91 Å². The summed E-state index contributed by atoms with van der Waals surface area (Å²) in [6.45, 7) is 2.24. The molecule has 0 aliphatic carbocycles. The van der Waals surface area contributed by atoms with Gasteiger partial charge >= 0.3 is 0 Å². The summed E-state index contributed by atoms with van der Waals surface area (Å²) in [5.41, 5.74) is 1.88. The van der Waals surface area contributed by atoms with Crippen LogP contribution in [0.5, 0.6) is 0 Å². The number of amides is 1. The van der Waals surface area contributed by atoms with Crippen molar-refractivity contribution < 1.29 is 4.79 Å². The minimum absolute atomic E-state index is 0.0213. The molecular weight excluding hydrogens is 221 g/mol. The van der Waals surface area contributed by atoms with Gasteiger partial charge in [0.2, 0.25) is 5.91 Å². The molecule has 1 heterocycles. The highest BCUT2D eigenvalue weighted by Gasteiger charge is 2.25. The second-order valence-electron chi connectivity index (χ2n) is 3.32. The van der Waals surface area contributed by atoms with E-state index in [9.17, 15) is 4.79 Å². The van der Waals surface area contributed by atoms with E-state index in [1.165, 1.54) is 0 Å². The van der Waals surface area contributed by atoms with E-state index in [4.69, 9.17) is 23.2 Å². The highest BCUT2D eigenvalue weighted by Crippen LogP contribution is 2.37. The SMILES string of the molecule is CC(=O)N1CCc2cc(Cl)cc(Cl)c21. The van der Waals surface area contributed by atoms with Crippen LogP contribution in [0.4, 0.5) is 5.69 Å². The van der Waals surface area contributed by atoms with Gasteiger partial charge in [-0.15, -0.1) is 0 Å². The first kappa shape index (κ1) is 9.81. The van der Waals surface area contributed by atoms with E-state index in [2.05, 4.69) is 0 Å². The fourth-order valence-corrected chi connectivity index (χ4v) is 2.41. The van der Waals surface area contributed by atoms with Crippen molar-refractivity contribution in [3.63, 3.8) is 0 Å². The topological polar surface area (TPSA) is 20.3 Å². The van der Waals surface area contributed by atoms with Gasteiger partial charge in [0, 0.05) is 18.5 Å². The third kappa shape index (κ3) is 1.49. The van der Waals surface area contributed by atoms with Gasteiger partial charge in [-0.1, -0.05) is 23.2 Å². The first-order chi connectivity index (χ1) is 6.59. The normalized spacial score (nSPS) is 14.4. The molecule has 0 saturated heterocycles. The zero-order valence-electron chi connectivity index (χ0n) is 7.68. The molecule has 0 saturated carbocycles. The first-order valence-electron chi connectivity index (χ1n) is 4.35. The maximum absolute atomic E-state index is 11.3. The fourth-order valence-electron chi connectivity index (χ4n) is 1.77. The maximum Gasteiger partial charge on any atom is 0.223 e. The highest BCUT2D eigenvalue weighted by atomic mass is 35.5. The molecule has 0 atom stereocenters. The lowest BCUT2D eigenvalue weighted by atomic mass is 10.2. The second kappa shape index (κ2) is 3.44. The summed E-state index contributed by atoms with van der Waals surface area (Å²) in [6.07, 6.45) is 0.829. The third-order valence-electron chi connectivity index (χ3n) is 2.36. The van der Waals surface area contributed by atoms with Crippen LogP contribution in [-0.4, -0.2) is 12.5 Å². The van der Waals surface area contributed by atoms with Gasteiger partial charge < -0.3 is 4.90 Å². The van der Waals surface area contributed by atoms with E-state index in [0.717, 1.165) is 17.7 Å². The number of carbonyl (C=O) groups excluding carboxylic acids is 1. The summed E-state index contributed by atoms with van der Waals surface area (Å²) in [6, 6.07) is 3.54. The van der Waals surface area contributed by atoms with E-state index in [0.29, 0.717) is 16.6 Å². The molecule has 1 aromatic carbocycles. The molecule has 2 nitrogen and oxygen atoms in total. The lowest BCUT2D eigenvalue weighted by molar-refractivity contribution is -0.116. The minimum Gasteiger partial charge on any atom is -0.311 e. The quantitative estimate of drug-likeness (QED) is 0.671. The summed E-state index contributed by atoms with van der Waals surface area (Å²) in [5.74, 6) is 0.0213. The summed E-state index contributed by atoms with van der Waals surface area (Å²) < 4.78 is 0. The maximum atomic E-state index is 11.3. The monoisotopic (exact) mass is 229 g/mol. The molecule has 0 bridgehead atoms. The smallest absolute Gasteiger partial charge is 0.223 e. The summed E-state index contributed by atoms with van der Waals surface area (Å²) in [4.78, 5) is 13.0. The number of fused-ring (bicyclic) bond motifs is 1. The molecule has 0 N–H and O–H groups in total. The number of halogens is 2. The van der Waals surface area contributed by atoms with Gasteiger partial charge in [-0.3, -0.25) is 4.79 Å².